The lowest BCUT2D eigenvalue weighted by atomic mass is 10.2. The van der Waals surface area contributed by atoms with E-state index in [1.807, 2.05) is 24.3 Å². The zero-order chi connectivity index (χ0) is 18.1. The van der Waals surface area contributed by atoms with Gasteiger partial charge < -0.3 is 4.74 Å². The SMILES string of the molecule is COc1ccc(-n2c(SCc3c(F)cccc3Cl)nnc2C2CC2)cc1. The number of ether oxygens (including phenoxy) is 1. The van der Waals surface area contributed by atoms with Gasteiger partial charge in [-0.3, -0.25) is 4.57 Å². The number of aromatic nitrogens is 3. The first-order chi connectivity index (χ1) is 12.7. The Labute approximate surface area is 160 Å². The standard InChI is InChI=1S/C19H17ClFN3OS/c1-25-14-9-7-13(8-10-14)24-18(12-5-6-12)22-23-19(24)26-11-15-16(20)3-2-4-17(15)21/h2-4,7-10,12H,5-6,11H2,1H3. The number of hydrogen-bond donors (Lipinski definition) is 0. The maximum Gasteiger partial charge on any atom is 0.196 e. The van der Waals surface area contributed by atoms with Gasteiger partial charge in [0.1, 0.15) is 17.4 Å². The third-order valence-electron chi connectivity index (χ3n) is 4.34. The minimum atomic E-state index is -0.303. The first-order valence-electron chi connectivity index (χ1n) is 8.33. The Bertz CT molecular complexity index is 905. The van der Waals surface area contributed by atoms with Gasteiger partial charge in [0.15, 0.2) is 5.16 Å². The fourth-order valence-corrected chi connectivity index (χ4v) is 4.06. The summed E-state index contributed by atoms with van der Waals surface area (Å²) >= 11 is 7.57. The van der Waals surface area contributed by atoms with Crippen LogP contribution in [0.5, 0.6) is 5.75 Å². The predicted molar refractivity (Wildman–Crippen MR) is 101 cm³/mol. The summed E-state index contributed by atoms with van der Waals surface area (Å²) in [6, 6.07) is 12.5. The number of thioether (sulfide) groups is 1. The zero-order valence-corrected chi connectivity index (χ0v) is 15.7. The first kappa shape index (κ1) is 17.4. The highest BCUT2D eigenvalue weighted by Gasteiger charge is 2.31. The van der Waals surface area contributed by atoms with Gasteiger partial charge in [-0.2, -0.15) is 0 Å². The van der Waals surface area contributed by atoms with E-state index in [2.05, 4.69) is 14.8 Å². The summed E-state index contributed by atoms with van der Waals surface area (Å²) in [4.78, 5) is 0. The maximum atomic E-state index is 14.0. The van der Waals surface area contributed by atoms with Gasteiger partial charge in [-0.15, -0.1) is 10.2 Å². The van der Waals surface area contributed by atoms with Gasteiger partial charge >= 0.3 is 0 Å². The molecule has 1 fully saturated rings. The van der Waals surface area contributed by atoms with Gasteiger partial charge in [0.25, 0.3) is 0 Å². The summed E-state index contributed by atoms with van der Waals surface area (Å²) in [5.41, 5.74) is 1.45. The van der Waals surface area contributed by atoms with Gasteiger partial charge in [-0.25, -0.2) is 4.39 Å². The highest BCUT2D eigenvalue weighted by molar-refractivity contribution is 7.98. The highest BCUT2D eigenvalue weighted by atomic mass is 35.5. The van der Waals surface area contributed by atoms with Gasteiger partial charge in [-0.1, -0.05) is 29.4 Å². The smallest absolute Gasteiger partial charge is 0.196 e. The zero-order valence-electron chi connectivity index (χ0n) is 14.2. The minimum absolute atomic E-state index is 0.303. The molecule has 0 bridgehead atoms. The Balaban J connectivity index is 1.66. The predicted octanol–water partition coefficient (Wildman–Crippen LogP) is 5.24. The van der Waals surface area contributed by atoms with Gasteiger partial charge in [-0.05, 0) is 49.2 Å². The summed E-state index contributed by atoms with van der Waals surface area (Å²) in [6.45, 7) is 0. The van der Waals surface area contributed by atoms with Crippen LogP contribution in [0, 0.1) is 5.82 Å². The molecule has 0 N–H and O–H groups in total. The lowest BCUT2D eigenvalue weighted by molar-refractivity contribution is 0.414. The van der Waals surface area contributed by atoms with Gasteiger partial charge in [0, 0.05) is 27.9 Å². The monoisotopic (exact) mass is 389 g/mol. The average Bonchev–Trinajstić information content (AvgIpc) is 3.41. The van der Waals surface area contributed by atoms with Crippen molar-refractivity contribution in [1.29, 1.82) is 0 Å². The van der Waals surface area contributed by atoms with Crippen LogP contribution in [-0.2, 0) is 5.75 Å². The van der Waals surface area contributed by atoms with E-state index in [4.69, 9.17) is 16.3 Å². The van der Waals surface area contributed by atoms with E-state index in [1.165, 1.54) is 17.8 Å². The van der Waals surface area contributed by atoms with Crippen molar-refractivity contribution in [3.8, 4) is 11.4 Å². The van der Waals surface area contributed by atoms with E-state index < -0.39 is 0 Å². The Morgan fingerprint density at radius 3 is 2.62 bits per heavy atom. The topological polar surface area (TPSA) is 39.9 Å². The fraction of sp³-hybridized carbons (Fsp3) is 0.263. The Morgan fingerprint density at radius 2 is 1.96 bits per heavy atom. The quantitative estimate of drug-likeness (QED) is 0.540. The lowest BCUT2D eigenvalue weighted by Gasteiger charge is -2.11. The molecule has 4 nitrogen and oxygen atoms in total. The second kappa shape index (κ2) is 7.29. The molecular weight excluding hydrogens is 373 g/mol. The molecule has 0 atom stereocenters. The highest BCUT2D eigenvalue weighted by Crippen LogP contribution is 2.41. The Kier molecular flexibility index (Phi) is 4.87. The number of benzene rings is 2. The molecule has 0 unspecified atom stereocenters. The summed E-state index contributed by atoms with van der Waals surface area (Å²) in [6.07, 6.45) is 2.25. The Morgan fingerprint density at radius 1 is 1.19 bits per heavy atom. The molecule has 3 aromatic rings. The maximum absolute atomic E-state index is 14.0. The molecule has 1 heterocycles. The fourth-order valence-electron chi connectivity index (χ4n) is 2.76. The van der Waals surface area contributed by atoms with E-state index in [9.17, 15) is 4.39 Å². The second-order valence-electron chi connectivity index (χ2n) is 6.14. The van der Waals surface area contributed by atoms with Crippen molar-refractivity contribution < 1.29 is 9.13 Å². The van der Waals surface area contributed by atoms with Crippen LogP contribution in [0.4, 0.5) is 4.39 Å². The molecule has 0 radical (unpaired) electrons. The molecule has 0 amide bonds. The molecule has 0 saturated heterocycles. The number of rotatable bonds is 6. The summed E-state index contributed by atoms with van der Waals surface area (Å²) in [7, 11) is 1.64. The Hall–Kier alpha value is -2.05. The molecule has 2 aromatic carbocycles. The third kappa shape index (κ3) is 3.44. The van der Waals surface area contributed by atoms with Crippen LogP contribution in [0.3, 0.4) is 0 Å². The third-order valence-corrected chi connectivity index (χ3v) is 5.65. The van der Waals surface area contributed by atoms with Crippen LogP contribution in [0.25, 0.3) is 5.69 Å². The minimum Gasteiger partial charge on any atom is -0.497 e. The molecule has 0 spiro atoms. The number of halogens is 2. The average molecular weight is 390 g/mol. The van der Waals surface area contributed by atoms with Crippen molar-refractivity contribution in [3.05, 3.63) is 64.7 Å². The first-order valence-corrected chi connectivity index (χ1v) is 9.69. The lowest BCUT2D eigenvalue weighted by Crippen LogP contribution is -2.02. The summed E-state index contributed by atoms with van der Waals surface area (Å²) < 4.78 is 21.3. The van der Waals surface area contributed by atoms with Gasteiger partial charge in [0.05, 0.1) is 7.11 Å². The molecule has 1 saturated carbocycles. The molecule has 1 aromatic heterocycles. The van der Waals surface area contributed by atoms with E-state index in [0.717, 1.165) is 35.3 Å². The van der Waals surface area contributed by atoms with Crippen molar-refractivity contribution in [3.63, 3.8) is 0 Å². The van der Waals surface area contributed by atoms with Crippen LogP contribution < -0.4 is 4.74 Å². The molecule has 134 valence electrons. The number of methoxy groups -OCH3 is 1. The van der Waals surface area contributed by atoms with E-state index in [1.54, 1.807) is 19.2 Å². The molecule has 1 aliphatic rings. The van der Waals surface area contributed by atoms with Crippen LogP contribution in [0.1, 0.15) is 30.1 Å². The molecular formula is C19H17ClFN3OS. The normalized spacial score (nSPS) is 13.8. The van der Waals surface area contributed by atoms with Crippen LogP contribution in [0.15, 0.2) is 47.6 Å². The molecule has 4 rings (SSSR count). The number of nitrogens with zero attached hydrogens (tertiary/aromatic N) is 3. The van der Waals surface area contributed by atoms with Crippen molar-refractivity contribution in [2.45, 2.75) is 29.7 Å². The van der Waals surface area contributed by atoms with Crippen LogP contribution >= 0.6 is 23.4 Å². The van der Waals surface area contributed by atoms with Crippen molar-refractivity contribution in [2.24, 2.45) is 0 Å². The summed E-state index contributed by atoms with van der Waals surface area (Å²) in [5.74, 6) is 2.28. The second-order valence-corrected chi connectivity index (χ2v) is 7.49. The molecule has 7 heteroatoms. The van der Waals surface area contributed by atoms with E-state index in [0.29, 0.717) is 22.3 Å². The molecule has 1 aliphatic carbocycles. The molecule has 26 heavy (non-hydrogen) atoms. The summed E-state index contributed by atoms with van der Waals surface area (Å²) in [5, 5.41) is 9.90. The van der Waals surface area contributed by atoms with Crippen molar-refractivity contribution in [1.82, 2.24) is 14.8 Å². The van der Waals surface area contributed by atoms with Crippen LogP contribution in [0.2, 0.25) is 5.02 Å². The largest absolute Gasteiger partial charge is 0.497 e. The molecule has 0 aliphatic heterocycles. The number of hydrogen-bond acceptors (Lipinski definition) is 4. The van der Waals surface area contributed by atoms with Crippen LogP contribution in [-0.4, -0.2) is 21.9 Å². The van der Waals surface area contributed by atoms with Crippen molar-refractivity contribution in [2.75, 3.05) is 7.11 Å². The van der Waals surface area contributed by atoms with Crippen molar-refractivity contribution >= 4 is 23.4 Å². The van der Waals surface area contributed by atoms with E-state index >= 15 is 0 Å². The van der Waals surface area contributed by atoms with Gasteiger partial charge in [0.2, 0.25) is 0 Å². The van der Waals surface area contributed by atoms with E-state index in [-0.39, 0.29) is 5.82 Å².